The Morgan fingerprint density at radius 1 is 1.23 bits per heavy atom. The second-order valence-corrected chi connectivity index (χ2v) is 11.4. The van der Waals surface area contributed by atoms with Gasteiger partial charge in [-0.05, 0) is 43.9 Å². The van der Waals surface area contributed by atoms with Crippen LogP contribution in [0.3, 0.4) is 0 Å². The zero-order valence-corrected chi connectivity index (χ0v) is 21.6. The quantitative estimate of drug-likeness (QED) is 0.531. The first-order valence-corrected chi connectivity index (χ1v) is 13.0. The maximum Gasteiger partial charge on any atom is 0.251 e. The molecule has 3 saturated heterocycles. The van der Waals surface area contributed by atoms with Gasteiger partial charge in [0.2, 0.25) is 11.8 Å². The number of hydrogen-bond donors (Lipinski definition) is 1. The number of aryl methyl sites for hydroxylation is 2. The number of rotatable bonds is 9. The van der Waals surface area contributed by atoms with Crippen LogP contribution in [-0.2, 0) is 14.4 Å². The van der Waals surface area contributed by atoms with Crippen LogP contribution in [0.1, 0.15) is 24.0 Å². The maximum atomic E-state index is 14.3. The highest BCUT2D eigenvalue weighted by Crippen LogP contribution is 2.66. The summed E-state index contributed by atoms with van der Waals surface area (Å²) in [4.78, 5) is 46.5. The van der Waals surface area contributed by atoms with Gasteiger partial charge in [-0.15, -0.1) is 24.9 Å². The van der Waals surface area contributed by atoms with Crippen LogP contribution in [0.15, 0.2) is 43.5 Å². The second kappa shape index (κ2) is 9.82. The van der Waals surface area contributed by atoms with Gasteiger partial charge >= 0.3 is 0 Å². The number of fused-ring (bicyclic) bond motifs is 1. The standard InChI is InChI=1S/C27H35N3O4S/c1-6-12-28(5)24(32)21-20-10-11-27(35-20)22(21)25(33)30(14-15-31)23(27)26(34)29(13-7-2)19-16-17(3)8-9-18(19)4/h6-9,16,20-23,31H,1-2,10-15H2,3-5H3/t20-,21+,22+,23?,27?/m1/s1. The van der Waals surface area contributed by atoms with Crippen molar-refractivity contribution in [3.05, 3.63) is 54.6 Å². The number of aliphatic hydroxyl groups is 1. The molecule has 35 heavy (non-hydrogen) atoms. The van der Waals surface area contributed by atoms with Crippen LogP contribution in [0.2, 0.25) is 0 Å². The van der Waals surface area contributed by atoms with E-state index in [0.717, 1.165) is 23.2 Å². The SMILES string of the molecule is C=CCN(C)C(=O)[C@@H]1[C@H]2C(=O)N(CCO)C(C(=O)N(CC=C)c3cc(C)ccc3C)C23CC[C@H]1S3. The molecule has 3 aliphatic heterocycles. The summed E-state index contributed by atoms with van der Waals surface area (Å²) in [7, 11) is 1.73. The van der Waals surface area contributed by atoms with E-state index in [1.165, 1.54) is 4.90 Å². The van der Waals surface area contributed by atoms with E-state index in [9.17, 15) is 19.5 Å². The Labute approximate surface area is 211 Å². The van der Waals surface area contributed by atoms with Crippen LogP contribution < -0.4 is 4.90 Å². The van der Waals surface area contributed by atoms with E-state index in [1.54, 1.807) is 40.8 Å². The number of aliphatic hydroxyl groups excluding tert-OH is 1. The highest BCUT2D eigenvalue weighted by atomic mass is 32.2. The average Bonchev–Trinajstić information content (AvgIpc) is 3.46. The zero-order chi connectivity index (χ0) is 25.5. The van der Waals surface area contributed by atoms with E-state index in [0.29, 0.717) is 19.5 Å². The monoisotopic (exact) mass is 497 g/mol. The molecule has 188 valence electrons. The summed E-state index contributed by atoms with van der Waals surface area (Å²) in [5, 5.41) is 9.82. The van der Waals surface area contributed by atoms with Crippen molar-refractivity contribution in [1.82, 2.24) is 9.80 Å². The van der Waals surface area contributed by atoms with Crippen LogP contribution in [0, 0.1) is 25.7 Å². The first-order valence-electron chi connectivity index (χ1n) is 12.2. The molecule has 0 radical (unpaired) electrons. The number of likely N-dealkylation sites (N-methyl/N-ethyl adjacent to an activating group) is 1. The molecule has 0 aromatic heterocycles. The Hall–Kier alpha value is -2.58. The van der Waals surface area contributed by atoms with E-state index in [2.05, 4.69) is 13.2 Å². The normalized spacial score (nSPS) is 28.7. The van der Waals surface area contributed by atoms with E-state index >= 15 is 0 Å². The fourth-order valence-corrected chi connectivity index (χ4v) is 8.40. The van der Waals surface area contributed by atoms with Crippen molar-refractivity contribution in [3.63, 3.8) is 0 Å². The molecule has 3 amide bonds. The van der Waals surface area contributed by atoms with Gasteiger partial charge in [-0.25, -0.2) is 0 Å². The number of thioether (sulfide) groups is 1. The molecule has 4 rings (SSSR count). The minimum Gasteiger partial charge on any atom is -0.395 e. The van der Waals surface area contributed by atoms with Gasteiger partial charge in [0.1, 0.15) is 6.04 Å². The van der Waals surface area contributed by atoms with E-state index in [-0.39, 0.29) is 36.1 Å². The Morgan fingerprint density at radius 2 is 1.94 bits per heavy atom. The summed E-state index contributed by atoms with van der Waals surface area (Å²) >= 11 is 1.64. The lowest BCUT2D eigenvalue weighted by molar-refractivity contribution is -0.143. The Bertz CT molecular complexity index is 1060. The lowest BCUT2D eigenvalue weighted by Crippen LogP contribution is -2.55. The third-order valence-corrected chi connectivity index (χ3v) is 9.62. The molecule has 1 spiro atoms. The van der Waals surface area contributed by atoms with E-state index in [4.69, 9.17) is 0 Å². The van der Waals surface area contributed by atoms with Crippen molar-refractivity contribution in [3.8, 4) is 0 Å². The maximum absolute atomic E-state index is 14.3. The highest BCUT2D eigenvalue weighted by Gasteiger charge is 2.74. The molecule has 2 bridgehead atoms. The topological polar surface area (TPSA) is 81.2 Å². The van der Waals surface area contributed by atoms with Gasteiger partial charge in [-0.3, -0.25) is 14.4 Å². The number of benzene rings is 1. The predicted molar refractivity (Wildman–Crippen MR) is 139 cm³/mol. The molecule has 3 aliphatic rings. The van der Waals surface area contributed by atoms with Gasteiger partial charge in [0, 0.05) is 37.6 Å². The van der Waals surface area contributed by atoms with Crippen LogP contribution in [0.4, 0.5) is 5.69 Å². The summed E-state index contributed by atoms with van der Waals surface area (Å²) in [6.07, 6.45) is 4.85. The molecule has 3 fully saturated rings. The van der Waals surface area contributed by atoms with Gasteiger partial charge in [0.15, 0.2) is 0 Å². The number of nitrogens with zero attached hydrogens (tertiary/aromatic N) is 3. The third kappa shape index (κ3) is 4.00. The lowest BCUT2D eigenvalue weighted by Gasteiger charge is -2.37. The Balaban J connectivity index is 1.78. The first kappa shape index (κ1) is 25.5. The summed E-state index contributed by atoms with van der Waals surface area (Å²) in [6.45, 7) is 12.1. The number of carbonyl (C=O) groups is 3. The fourth-order valence-electron chi connectivity index (χ4n) is 6.19. The highest BCUT2D eigenvalue weighted by molar-refractivity contribution is 8.02. The molecular formula is C27H35N3O4S. The lowest BCUT2D eigenvalue weighted by atomic mass is 9.70. The van der Waals surface area contributed by atoms with Gasteiger partial charge in [-0.1, -0.05) is 24.3 Å². The van der Waals surface area contributed by atoms with Gasteiger partial charge in [-0.2, -0.15) is 0 Å². The molecule has 2 unspecified atom stereocenters. The summed E-state index contributed by atoms with van der Waals surface area (Å²) < 4.78 is -0.680. The molecule has 7 nitrogen and oxygen atoms in total. The fraction of sp³-hybridized carbons (Fsp3) is 0.519. The van der Waals surface area contributed by atoms with Crippen molar-refractivity contribution in [2.24, 2.45) is 11.8 Å². The van der Waals surface area contributed by atoms with E-state index in [1.807, 2.05) is 32.0 Å². The molecule has 1 N–H and O–H groups in total. The molecule has 8 heteroatoms. The molecule has 5 atom stereocenters. The molecule has 1 aromatic rings. The number of β-amino-alcohol motifs (C(OH)–C–C–N with tert-alkyl or cyclic N) is 1. The minimum absolute atomic E-state index is 0.00357. The molecule has 0 aliphatic carbocycles. The Morgan fingerprint density at radius 3 is 2.60 bits per heavy atom. The van der Waals surface area contributed by atoms with Crippen molar-refractivity contribution in [2.75, 3.05) is 38.2 Å². The van der Waals surface area contributed by atoms with Crippen molar-refractivity contribution in [1.29, 1.82) is 0 Å². The van der Waals surface area contributed by atoms with E-state index < -0.39 is 22.6 Å². The smallest absolute Gasteiger partial charge is 0.251 e. The van der Waals surface area contributed by atoms with Crippen molar-refractivity contribution in [2.45, 2.75) is 42.7 Å². The van der Waals surface area contributed by atoms with Gasteiger partial charge < -0.3 is 19.8 Å². The van der Waals surface area contributed by atoms with Crippen molar-refractivity contribution >= 4 is 35.2 Å². The number of carbonyl (C=O) groups excluding carboxylic acids is 3. The van der Waals surface area contributed by atoms with Gasteiger partial charge in [0.05, 0.1) is 23.2 Å². The number of anilines is 1. The van der Waals surface area contributed by atoms with Crippen LogP contribution in [0.5, 0.6) is 0 Å². The van der Waals surface area contributed by atoms with Crippen LogP contribution in [0.25, 0.3) is 0 Å². The molecule has 0 saturated carbocycles. The first-order chi connectivity index (χ1) is 16.7. The minimum atomic E-state index is -0.746. The Kier molecular flexibility index (Phi) is 7.16. The average molecular weight is 498 g/mol. The second-order valence-electron chi connectivity index (χ2n) is 9.85. The van der Waals surface area contributed by atoms with Crippen LogP contribution >= 0.6 is 11.8 Å². The largest absolute Gasteiger partial charge is 0.395 e. The van der Waals surface area contributed by atoms with Gasteiger partial charge in [0.25, 0.3) is 5.91 Å². The molecule has 1 aromatic carbocycles. The molecular weight excluding hydrogens is 462 g/mol. The van der Waals surface area contributed by atoms with Crippen LogP contribution in [-0.4, -0.2) is 82.0 Å². The number of hydrogen-bond acceptors (Lipinski definition) is 5. The number of likely N-dealkylation sites (tertiary alicyclic amines) is 1. The zero-order valence-electron chi connectivity index (χ0n) is 20.8. The summed E-state index contributed by atoms with van der Waals surface area (Å²) in [6, 6.07) is 5.23. The summed E-state index contributed by atoms with van der Waals surface area (Å²) in [5.74, 6) is -1.49. The third-order valence-electron chi connectivity index (χ3n) is 7.67. The molecule has 3 heterocycles. The predicted octanol–water partition coefficient (Wildman–Crippen LogP) is 2.55. The summed E-state index contributed by atoms with van der Waals surface area (Å²) in [5.41, 5.74) is 2.78. The van der Waals surface area contributed by atoms with Crippen molar-refractivity contribution < 1.29 is 19.5 Å². The number of amides is 3.